The molecule has 2 aromatic heterocycles. The topological polar surface area (TPSA) is 90.7 Å². The number of carbonyl (C=O) groups is 2. The normalized spacial score (nSPS) is 15.1. The summed E-state index contributed by atoms with van der Waals surface area (Å²) in [6.45, 7) is 8.19. The molecule has 0 bridgehead atoms. The highest BCUT2D eigenvalue weighted by Crippen LogP contribution is 2.35. The Labute approximate surface area is 228 Å². The van der Waals surface area contributed by atoms with E-state index in [1.807, 2.05) is 50.2 Å². The van der Waals surface area contributed by atoms with Crippen molar-refractivity contribution in [2.24, 2.45) is 5.92 Å². The van der Waals surface area contributed by atoms with Gasteiger partial charge in [0.05, 0.1) is 18.0 Å². The maximum absolute atomic E-state index is 12.2. The molecule has 0 radical (unpaired) electrons. The minimum atomic E-state index is -0.772. The Morgan fingerprint density at radius 3 is 2.51 bits per heavy atom. The van der Waals surface area contributed by atoms with E-state index >= 15 is 0 Å². The van der Waals surface area contributed by atoms with Gasteiger partial charge in [0.2, 0.25) is 0 Å². The monoisotopic (exact) mass is 528 g/mol. The molecule has 0 spiro atoms. The van der Waals surface area contributed by atoms with E-state index in [-0.39, 0.29) is 11.9 Å². The van der Waals surface area contributed by atoms with Gasteiger partial charge in [0.1, 0.15) is 5.65 Å². The average molecular weight is 529 g/mol. The first-order valence-corrected chi connectivity index (χ1v) is 13.8. The number of rotatable bonds is 9. The Bertz CT molecular complexity index is 1500. The number of aryl methyl sites for hydroxylation is 2. The van der Waals surface area contributed by atoms with Crippen molar-refractivity contribution in [1.82, 2.24) is 9.55 Å². The summed E-state index contributed by atoms with van der Waals surface area (Å²) in [7, 11) is 0. The molecule has 1 fully saturated rings. The van der Waals surface area contributed by atoms with E-state index in [4.69, 9.17) is 14.5 Å². The van der Waals surface area contributed by atoms with Crippen molar-refractivity contribution in [2.75, 3.05) is 19.8 Å². The Morgan fingerprint density at radius 1 is 1.10 bits per heavy atom. The lowest BCUT2D eigenvalue weighted by atomic mass is 9.81. The standard InChI is InChI=1S/C32H36N2O5/c1-4-39-28(35)14-13-25-20(2)29-26-7-5-6-8-27(26)34(31(29)33-21(25)3)19-22-9-11-23(12-10-22)30(32(36)37)24-15-17-38-18-16-24/h5-12,24,30H,4,13-19H2,1-3H3,(H,36,37). The van der Waals surface area contributed by atoms with Crippen LogP contribution in [0.5, 0.6) is 0 Å². The Kier molecular flexibility index (Phi) is 7.98. The second-order valence-corrected chi connectivity index (χ2v) is 10.4. The van der Waals surface area contributed by atoms with Crippen LogP contribution >= 0.6 is 0 Å². The number of carbonyl (C=O) groups excluding carboxylic acids is 1. The van der Waals surface area contributed by atoms with Crippen LogP contribution in [-0.4, -0.2) is 46.4 Å². The third-order valence-corrected chi connectivity index (χ3v) is 8.05. The van der Waals surface area contributed by atoms with Gasteiger partial charge in [-0.1, -0.05) is 42.5 Å². The number of benzene rings is 2. The fourth-order valence-corrected chi connectivity index (χ4v) is 6.09. The third-order valence-electron chi connectivity index (χ3n) is 8.05. The second-order valence-electron chi connectivity index (χ2n) is 10.4. The first-order valence-electron chi connectivity index (χ1n) is 13.8. The summed E-state index contributed by atoms with van der Waals surface area (Å²) < 4.78 is 12.8. The van der Waals surface area contributed by atoms with Crippen molar-refractivity contribution >= 4 is 33.9 Å². The van der Waals surface area contributed by atoms with E-state index in [0.29, 0.717) is 39.2 Å². The molecule has 1 unspecified atom stereocenters. The van der Waals surface area contributed by atoms with Gasteiger partial charge in [-0.25, -0.2) is 4.98 Å². The van der Waals surface area contributed by atoms with E-state index in [0.717, 1.165) is 62.7 Å². The van der Waals surface area contributed by atoms with E-state index in [2.05, 4.69) is 23.6 Å². The first kappa shape index (κ1) is 26.9. The Morgan fingerprint density at radius 2 is 1.82 bits per heavy atom. The van der Waals surface area contributed by atoms with Crippen LogP contribution < -0.4 is 0 Å². The van der Waals surface area contributed by atoms with Crippen LogP contribution in [0.2, 0.25) is 0 Å². The molecule has 7 heteroatoms. The molecule has 3 heterocycles. The molecule has 1 saturated heterocycles. The van der Waals surface area contributed by atoms with Gasteiger partial charge in [0, 0.05) is 42.6 Å². The lowest BCUT2D eigenvalue weighted by molar-refractivity contribution is -0.143. The summed E-state index contributed by atoms with van der Waals surface area (Å²) in [5, 5.41) is 12.2. The molecular weight excluding hydrogens is 492 g/mol. The van der Waals surface area contributed by atoms with Crippen molar-refractivity contribution in [3.8, 4) is 0 Å². The fourth-order valence-electron chi connectivity index (χ4n) is 6.09. The number of pyridine rings is 1. The number of aromatic nitrogens is 2. The van der Waals surface area contributed by atoms with Gasteiger partial charge in [0.15, 0.2) is 0 Å². The predicted octanol–water partition coefficient (Wildman–Crippen LogP) is 5.95. The molecule has 0 amide bonds. The number of esters is 1. The summed E-state index contributed by atoms with van der Waals surface area (Å²) in [5.74, 6) is -1.39. The van der Waals surface area contributed by atoms with E-state index in [9.17, 15) is 14.7 Å². The van der Waals surface area contributed by atoms with Crippen LogP contribution in [0.3, 0.4) is 0 Å². The molecule has 0 saturated carbocycles. The lowest BCUT2D eigenvalue weighted by Crippen LogP contribution is -2.27. The number of fused-ring (bicyclic) bond motifs is 3. The number of para-hydroxylation sites is 1. The maximum Gasteiger partial charge on any atom is 0.311 e. The number of nitrogens with zero attached hydrogens (tertiary/aromatic N) is 2. The van der Waals surface area contributed by atoms with Crippen LogP contribution in [0.4, 0.5) is 0 Å². The molecule has 0 aliphatic carbocycles. The fraction of sp³-hybridized carbons (Fsp3) is 0.406. The summed E-state index contributed by atoms with van der Waals surface area (Å²) in [4.78, 5) is 29.2. The first-order chi connectivity index (χ1) is 18.9. The molecule has 4 aromatic rings. The van der Waals surface area contributed by atoms with Crippen LogP contribution in [0, 0.1) is 19.8 Å². The van der Waals surface area contributed by atoms with Crippen molar-refractivity contribution in [3.63, 3.8) is 0 Å². The number of carboxylic acid groups (broad SMARTS) is 1. The largest absolute Gasteiger partial charge is 0.481 e. The van der Waals surface area contributed by atoms with Crippen molar-refractivity contribution in [1.29, 1.82) is 0 Å². The zero-order valence-corrected chi connectivity index (χ0v) is 22.9. The second kappa shape index (κ2) is 11.6. The van der Waals surface area contributed by atoms with Gasteiger partial charge < -0.3 is 19.1 Å². The lowest BCUT2D eigenvalue weighted by Gasteiger charge is -2.28. The van der Waals surface area contributed by atoms with E-state index in [1.54, 1.807) is 0 Å². The molecular formula is C32H36N2O5. The SMILES string of the molecule is CCOC(=O)CCc1c(C)nc2c(c1C)c1ccccc1n2Cc1ccc(C(C(=O)O)C2CCOCC2)cc1. The minimum absolute atomic E-state index is 0.0904. The third kappa shape index (κ3) is 5.41. The maximum atomic E-state index is 12.2. The van der Waals surface area contributed by atoms with Gasteiger partial charge in [-0.2, -0.15) is 0 Å². The summed E-state index contributed by atoms with van der Waals surface area (Å²) in [5.41, 5.74) is 7.10. The molecule has 1 aliphatic rings. The quantitative estimate of drug-likeness (QED) is 0.270. The highest BCUT2D eigenvalue weighted by atomic mass is 16.5. The Balaban J connectivity index is 1.49. The smallest absolute Gasteiger partial charge is 0.311 e. The highest BCUT2D eigenvalue weighted by molar-refractivity contribution is 6.08. The van der Waals surface area contributed by atoms with Crippen LogP contribution in [0.1, 0.15) is 60.1 Å². The van der Waals surface area contributed by atoms with Gasteiger partial charge in [-0.05, 0) is 74.3 Å². The molecule has 204 valence electrons. The number of hydrogen-bond acceptors (Lipinski definition) is 5. The Hall–Kier alpha value is -3.71. The summed E-state index contributed by atoms with van der Waals surface area (Å²) in [6, 6.07) is 16.3. The molecule has 5 rings (SSSR count). The van der Waals surface area contributed by atoms with Crippen molar-refractivity contribution < 1.29 is 24.2 Å². The zero-order valence-electron chi connectivity index (χ0n) is 22.9. The van der Waals surface area contributed by atoms with Crippen LogP contribution in [-0.2, 0) is 32.0 Å². The van der Waals surface area contributed by atoms with Crippen molar-refractivity contribution in [3.05, 3.63) is 76.5 Å². The molecule has 1 atom stereocenters. The summed E-state index contributed by atoms with van der Waals surface area (Å²) in [6.07, 6.45) is 2.47. The van der Waals surface area contributed by atoms with Crippen molar-refractivity contribution in [2.45, 2.75) is 58.9 Å². The number of ether oxygens (including phenoxy) is 2. The van der Waals surface area contributed by atoms with Gasteiger partial charge in [-0.15, -0.1) is 0 Å². The molecule has 1 aliphatic heterocycles. The van der Waals surface area contributed by atoms with Crippen LogP contribution in [0.25, 0.3) is 21.9 Å². The molecule has 7 nitrogen and oxygen atoms in total. The van der Waals surface area contributed by atoms with Crippen LogP contribution in [0.15, 0.2) is 48.5 Å². The van der Waals surface area contributed by atoms with E-state index < -0.39 is 11.9 Å². The minimum Gasteiger partial charge on any atom is -0.481 e. The highest BCUT2D eigenvalue weighted by Gasteiger charge is 2.31. The predicted molar refractivity (Wildman–Crippen MR) is 151 cm³/mol. The average Bonchev–Trinajstić information content (AvgIpc) is 3.23. The van der Waals surface area contributed by atoms with Gasteiger partial charge in [0.25, 0.3) is 0 Å². The number of aliphatic carboxylic acids is 1. The molecule has 39 heavy (non-hydrogen) atoms. The molecule has 2 aromatic carbocycles. The number of hydrogen-bond donors (Lipinski definition) is 1. The zero-order chi connectivity index (χ0) is 27.5. The van der Waals surface area contributed by atoms with Gasteiger partial charge >= 0.3 is 11.9 Å². The van der Waals surface area contributed by atoms with E-state index in [1.165, 1.54) is 0 Å². The summed E-state index contributed by atoms with van der Waals surface area (Å²) >= 11 is 0. The molecule has 1 N–H and O–H groups in total. The van der Waals surface area contributed by atoms with Gasteiger partial charge in [-0.3, -0.25) is 9.59 Å². The number of carboxylic acids is 1.